The first-order chi connectivity index (χ1) is 16.5. The van der Waals surface area contributed by atoms with Crippen molar-refractivity contribution < 1.29 is 8.42 Å². The van der Waals surface area contributed by atoms with Gasteiger partial charge in [-0.3, -0.25) is 0 Å². The minimum Gasteiger partial charge on any atom is -0.316 e. The monoisotopic (exact) mass is 494 g/mol. The molecule has 2 fully saturated rings. The molecule has 0 unspecified atom stereocenters. The molecule has 178 valence electrons. The summed E-state index contributed by atoms with van der Waals surface area (Å²) in [6, 6.07) is 15.8. The number of hydrogen-bond donors (Lipinski definition) is 0. The van der Waals surface area contributed by atoms with Gasteiger partial charge < -0.3 is 4.57 Å². The zero-order chi connectivity index (χ0) is 23.7. The van der Waals surface area contributed by atoms with Gasteiger partial charge in [0.2, 0.25) is 10.0 Å². The van der Waals surface area contributed by atoms with Crippen LogP contribution in [0.1, 0.15) is 62.6 Å². The van der Waals surface area contributed by atoms with Gasteiger partial charge in [-0.2, -0.15) is 9.57 Å². The normalized spacial score (nSPS) is 20.1. The molecule has 0 radical (unpaired) electrons. The number of imidazole rings is 1. The highest BCUT2D eigenvalue weighted by atomic mass is 32.2. The number of thioether (sulfide) groups is 1. The number of nitriles is 1. The van der Waals surface area contributed by atoms with Crippen molar-refractivity contribution >= 4 is 32.8 Å². The summed E-state index contributed by atoms with van der Waals surface area (Å²) >= 11 is 1.62. The van der Waals surface area contributed by atoms with Crippen LogP contribution in [0.25, 0.3) is 11.0 Å². The fourth-order valence-electron chi connectivity index (χ4n) is 5.25. The van der Waals surface area contributed by atoms with E-state index in [1.54, 1.807) is 28.2 Å². The summed E-state index contributed by atoms with van der Waals surface area (Å²) in [5.41, 5.74) is 3.40. The van der Waals surface area contributed by atoms with Crippen molar-refractivity contribution in [1.29, 1.82) is 5.26 Å². The van der Waals surface area contributed by atoms with Crippen LogP contribution in [-0.4, -0.2) is 35.4 Å². The fourth-order valence-corrected chi connectivity index (χ4v) is 7.95. The van der Waals surface area contributed by atoms with Gasteiger partial charge >= 0.3 is 0 Å². The maximum atomic E-state index is 13.4. The molecule has 1 aliphatic heterocycles. The Morgan fingerprint density at radius 2 is 1.91 bits per heavy atom. The molecule has 1 aliphatic carbocycles. The second-order valence-electron chi connectivity index (χ2n) is 9.52. The van der Waals surface area contributed by atoms with E-state index in [4.69, 9.17) is 4.98 Å². The second-order valence-corrected chi connectivity index (χ2v) is 12.4. The highest BCUT2D eigenvalue weighted by Gasteiger charge is 2.30. The first-order valence-corrected chi connectivity index (χ1v) is 14.5. The summed E-state index contributed by atoms with van der Waals surface area (Å²) in [5.74, 6) is 1.03. The van der Waals surface area contributed by atoms with E-state index in [9.17, 15) is 13.7 Å². The number of nitrogens with zero attached hydrogens (tertiary/aromatic N) is 4. The lowest BCUT2D eigenvalue weighted by molar-refractivity contribution is 0.281. The number of fused-ring (bicyclic) bond motifs is 1. The van der Waals surface area contributed by atoms with E-state index in [1.165, 1.54) is 12.8 Å². The molecule has 8 heteroatoms. The topological polar surface area (TPSA) is 79.0 Å². The molecule has 6 nitrogen and oxygen atoms in total. The van der Waals surface area contributed by atoms with Crippen LogP contribution < -0.4 is 0 Å². The molecule has 2 heterocycles. The number of hydrogen-bond acceptors (Lipinski definition) is 5. The number of sulfonamides is 1. The first kappa shape index (κ1) is 23.4. The Labute approximate surface area is 206 Å². The SMILES string of the molecule is C[C@@H]1CCCN(S(=O)(=O)c2ccc3c(c2)nc(SCc2ccccc2C#N)n3C2CCCC2)C1. The Morgan fingerprint density at radius 3 is 2.68 bits per heavy atom. The molecule has 34 heavy (non-hydrogen) atoms. The lowest BCUT2D eigenvalue weighted by Gasteiger charge is -2.30. The van der Waals surface area contributed by atoms with Gasteiger partial charge in [0.1, 0.15) is 0 Å². The number of rotatable bonds is 6. The van der Waals surface area contributed by atoms with E-state index in [0.29, 0.717) is 41.3 Å². The Balaban J connectivity index is 1.50. The highest BCUT2D eigenvalue weighted by molar-refractivity contribution is 7.98. The summed E-state index contributed by atoms with van der Waals surface area (Å²) in [6.07, 6.45) is 6.60. The summed E-state index contributed by atoms with van der Waals surface area (Å²) in [6.45, 7) is 3.28. The number of benzene rings is 2. The van der Waals surface area contributed by atoms with E-state index >= 15 is 0 Å². The second kappa shape index (κ2) is 9.73. The van der Waals surface area contributed by atoms with Crippen LogP contribution in [0.5, 0.6) is 0 Å². The molecular weight excluding hydrogens is 464 g/mol. The van der Waals surface area contributed by atoms with Crippen molar-refractivity contribution in [3.8, 4) is 6.07 Å². The number of aromatic nitrogens is 2. The highest BCUT2D eigenvalue weighted by Crippen LogP contribution is 2.38. The average Bonchev–Trinajstić information content (AvgIpc) is 3.49. The van der Waals surface area contributed by atoms with Gasteiger partial charge in [0.25, 0.3) is 0 Å². The van der Waals surface area contributed by atoms with E-state index in [2.05, 4.69) is 17.6 Å². The average molecular weight is 495 g/mol. The summed E-state index contributed by atoms with van der Waals surface area (Å²) in [7, 11) is -3.53. The predicted octanol–water partition coefficient (Wildman–Crippen LogP) is 5.74. The molecule has 5 rings (SSSR count). The van der Waals surface area contributed by atoms with E-state index in [1.807, 2.05) is 30.3 Å². The zero-order valence-electron chi connectivity index (χ0n) is 19.5. The summed E-state index contributed by atoms with van der Waals surface area (Å²) < 4.78 is 30.7. The van der Waals surface area contributed by atoms with Crippen molar-refractivity contribution in [1.82, 2.24) is 13.9 Å². The lowest BCUT2D eigenvalue weighted by Crippen LogP contribution is -2.39. The molecule has 1 atom stereocenters. The van der Waals surface area contributed by atoms with Crippen molar-refractivity contribution in [3.05, 3.63) is 53.6 Å². The first-order valence-electron chi connectivity index (χ1n) is 12.1. The van der Waals surface area contributed by atoms with Crippen molar-refractivity contribution in [2.24, 2.45) is 5.92 Å². The van der Waals surface area contributed by atoms with Crippen LogP contribution >= 0.6 is 11.8 Å². The van der Waals surface area contributed by atoms with Crippen LogP contribution in [0, 0.1) is 17.2 Å². The van der Waals surface area contributed by atoms with E-state index in [-0.39, 0.29) is 0 Å². The van der Waals surface area contributed by atoms with Crippen LogP contribution in [0.15, 0.2) is 52.5 Å². The molecular formula is C26H30N4O2S2. The number of piperidine rings is 1. The van der Waals surface area contributed by atoms with Crippen LogP contribution in [-0.2, 0) is 15.8 Å². The van der Waals surface area contributed by atoms with Gasteiger partial charge in [0.15, 0.2) is 5.16 Å². The van der Waals surface area contributed by atoms with Gasteiger partial charge in [-0.1, -0.05) is 49.7 Å². The minimum absolute atomic E-state index is 0.330. The molecule has 0 amide bonds. The van der Waals surface area contributed by atoms with Gasteiger partial charge in [0, 0.05) is 24.9 Å². The Kier molecular flexibility index (Phi) is 6.70. The van der Waals surface area contributed by atoms with Gasteiger partial charge in [-0.05, 0) is 61.4 Å². The quantitative estimate of drug-likeness (QED) is 0.409. The molecule has 1 aromatic heterocycles. The summed E-state index contributed by atoms with van der Waals surface area (Å²) in [5, 5.41) is 10.3. The predicted molar refractivity (Wildman–Crippen MR) is 135 cm³/mol. The van der Waals surface area contributed by atoms with Gasteiger partial charge in [-0.25, -0.2) is 13.4 Å². The van der Waals surface area contributed by atoms with Gasteiger partial charge in [0.05, 0.1) is 27.6 Å². The van der Waals surface area contributed by atoms with E-state index < -0.39 is 10.0 Å². The molecule has 3 aromatic rings. The summed E-state index contributed by atoms with van der Waals surface area (Å²) in [4.78, 5) is 5.25. The van der Waals surface area contributed by atoms with Crippen LogP contribution in [0.2, 0.25) is 0 Å². The Morgan fingerprint density at radius 1 is 1.12 bits per heavy atom. The maximum Gasteiger partial charge on any atom is 0.243 e. The molecule has 1 saturated carbocycles. The lowest BCUT2D eigenvalue weighted by atomic mass is 10.0. The Bertz CT molecular complexity index is 1340. The van der Waals surface area contributed by atoms with E-state index in [0.717, 1.165) is 47.4 Å². The zero-order valence-corrected chi connectivity index (χ0v) is 21.1. The molecule has 0 spiro atoms. The van der Waals surface area contributed by atoms with Crippen molar-refractivity contribution in [3.63, 3.8) is 0 Å². The minimum atomic E-state index is -3.53. The third kappa shape index (κ3) is 4.49. The molecule has 2 aliphatic rings. The smallest absolute Gasteiger partial charge is 0.243 e. The van der Waals surface area contributed by atoms with Crippen LogP contribution in [0.4, 0.5) is 0 Å². The van der Waals surface area contributed by atoms with Crippen molar-refractivity contribution in [2.75, 3.05) is 13.1 Å². The Hall–Kier alpha value is -2.34. The largest absolute Gasteiger partial charge is 0.316 e. The molecule has 0 N–H and O–H groups in total. The molecule has 1 saturated heterocycles. The fraction of sp³-hybridized carbons (Fsp3) is 0.462. The standard InChI is InChI=1S/C26H30N4O2S2/c1-19-7-6-14-29(17-19)34(31,32)23-12-13-25-24(15-23)28-26(30(25)22-10-4-5-11-22)33-18-21-9-3-2-8-20(21)16-27/h2-3,8-9,12-13,15,19,22H,4-7,10-11,14,17-18H2,1H3/t19-/m1/s1. The molecule has 2 aromatic carbocycles. The van der Waals surface area contributed by atoms with Gasteiger partial charge in [-0.15, -0.1) is 0 Å². The third-order valence-corrected chi connectivity index (χ3v) is 9.93. The van der Waals surface area contributed by atoms with Crippen molar-refractivity contribution in [2.45, 2.75) is 67.3 Å². The third-order valence-electron chi connectivity index (χ3n) is 7.07. The van der Waals surface area contributed by atoms with Crippen LogP contribution in [0.3, 0.4) is 0 Å². The molecule has 0 bridgehead atoms. The maximum absolute atomic E-state index is 13.4.